The highest BCUT2D eigenvalue weighted by atomic mass is 16.6. The second-order valence-electron chi connectivity index (χ2n) is 3.69. The molecule has 0 bridgehead atoms. The summed E-state index contributed by atoms with van der Waals surface area (Å²) in [7, 11) is 0. The number of hydrogen-bond donors (Lipinski definition) is 0. The fourth-order valence-corrected chi connectivity index (χ4v) is 0.454. The molecule has 0 N–H and O–H groups in total. The summed E-state index contributed by atoms with van der Waals surface area (Å²) < 4.78 is 4.59. The van der Waals surface area contributed by atoms with E-state index in [2.05, 4.69) is 11.3 Å². The van der Waals surface area contributed by atoms with Crippen LogP contribution < -0.4 is 0 Å². The lowest BCUT2D eigenvalue weighted by Crippen LogP contribution is -2.28. The van der Waals surface area contributed by atoms with Crippen LogP contribution in [0.3, 0.4) is 0 Å². The first-order valence-corrected chi connectivity index (χ1v) is 4.23. The standard InChI is InChI=1S/C10H16O3/c1-6-10(4,5)9(12)13-8(11)7(2)3/h2,6H2,1,3-5H3. The predicted molar refractivity (Wildman–Crippen MR) is 50.0 cm³/mol. The number of rotatable bonds is 3. The van der Waals surface area contributed by atoms with Crippen LogP contribution in [0.2, 0.25) is 0 Å². The van der Waals surface area contributed by atoms with E-state index in [4.69, 9.17) is 0 Å². The highest BCUT2D eigenvalue weighted by Crippen LogP contribution is 2.21. The maximum absolute atomic E-state index is 11.3. The van der Waals surface area contributed by atoms with Crippen molar-refractivity contribution < 1.29 is 14.3 Å². The Hall–Kier alpha value is -1.12. The molecule has 0 aromatic heterocycles. The molecule has 0 unspecified atom stereocenters. The molecule has 3 nitrogen and oxygen atoms in total. The first-order valence-electron chi connectivity index (χ1n) is 4.23. The molecule has 0 fully saturated rings. The molecule has 74 valence electrons. The number of carbonyl (C=O) groups excluding carboxylic acids is 2. The van der Waals surface area contributed by atoms with E-state index >= 15 is 0 Å². The molecule has 0 spiro atoms. The minimum absolute atomic E-state index is 0.236. The van der Waals surface area contributed by atoms with E-state index in [1.54, 1.807) is 13.8 Å². The van der Waals surface area contributed by atoms with Gasteiger partial charge in [0.2, 0.25) is 0 Å². The van der Waals surface area contributed by atoms with Gasteiger partial charge in [-0.3, -0.25) is 4.79 Å². The average molecular weight is 184 g/mol. The zero-order chi connectivity index (χ0) is 10.6. The van der Waals surface area contributed by atoms with Crippen molar-refractivity contribution in [2.75, 3.05) is 0 Å². The third-order valence-electron chi connectivity index (χ3n) is 1.97. The van der Waals surface area contributed by atoms with Crippen molar-refractivity contribution in [2.45, 2.75) is 34.1 Å². The SMILES string of the molecule is C=C(C)C(=O)OC(=O)C(C)(C)CC. The lowest BCUT2D eigenvalue weighted by Gasteiger charge is -2.19. The molecule has 0 aliphatic heterocycles. The maximum Gasteiger partial charge on any atom is 0.340 e. The van der Waals surface area contributed by atoms with Crippen molar-refractivity contribution in [3.8, 4) is 0 Å². The van der Waals surface area contributed by atoms with Crippen molar-refractivity contribution in [3.05, 3.63) is 12.2 Å². The highest BCUT2D eigenvalue weighted by Gasteiger charge is 2.29. The van der Waals surface area contributed by atoms with Gasteiger partial charge in [-0.2, -0.15) is 0 Å². The molecule has 0 amide bonds. The van der Waals surface area contributed by atoms with E-state index in [9.17, 15) is 9.59 Å². The lowest BCUT2D eigenvalue weighted by molar-refractivity contribution is -0.163. The summed E-state index contributed by atoms with van der Waals surface area (Å²) >= 11 is 0. The van der Waals surface area contributed by atoms with Crippen LogP contribution in [-0.2, 0) is 14.3 Å². The maximum atomic E-state index is 11.3. The van der Waals surface area contributed by atoms with Crippen LogP contribution in [0.25, 0.3) is 0 Å². The third-order valence-corrected chi connectivity index (χ3v) is 1.97. The minimum atomic E-state index is -0.647. The Balaban J connectivity index is 4.32. The van der Waals surface area contributed by atoms with E-state index in [1.165, 1.54) is 6.92 Å². The molecule has 0 radical (unpaired) electrons. The van der Waals surface area contributed by atoms with E-state index in [0.717, 1.165) is 0 Å². The number of esters is 2. The van der Waals surface area contributed by atoms with Crippen LogP contribution in [0.5, 0.6) is 0 Å². The smallest absolute Gasteiger partial charge is 0.340 e. The number of ether oxygens (including phenoxy) is 1. The predicted octanol–water partition coefficient (Wildman–Crippen LogP) is 2.07. The Kier molecular flexibility index (Phi) is 3.85. The van der Waals surface area contributed by atoms with Gasteiger partial charge in [-0.1, -0.05) is 13.5 Å². The van der Waals surface area contributed by atoms with Crippen LogP contribution in [-0.4, -0.2) is 11.9 Å². The summed E-state index contributed by atoms with van der Waals surface area (Å²) in [4.78, 5) is 22.3. The second kappa shape index (κ2) is 4.21. The van der Waals surface area contributed by atoms with Crippen LogP contribution in [0.15, 0.2) is 12.2 Å². The van der Waals surface area contributed by atoms with Crippen molar-refractivity contribution in [1.29, 1.82) is 0 Å². The van der Waals surface area contributed by atoms with Gasteiger partial charge in [0.15, 0.2) is 0 Å². The van der Waals surface area contributed by atoms with E-state index < -0.39 is 17.4 Å². The Labute approximate surface area is 78.8 Å². The molecule has 0 aliphatic carbocycles. The third kappa shape index (κ3) is 3.40. The minimum Gasteiger partial charge on any atom is -0.389 e. The Morgan fingerprint density at radius 3 is 2.15 bits per heavy atom. The molecule has 0 saturated heterocycles. The van der Waals surface area contributed by atoms with Crippen molar-refractivity contribution >= 4 is 11.9 Å². The molecule has 0 atom stereocenters. The van der Waals surface area contributed by atoms with Crippen molar-refractivity contribution in [1.82, 2.24) is 0 Å². The van der Waals surface area contributed by atoms with Gasteiger partial charge >= 0.3 is 11.9 Å². The summed E-state index contributed by atoms with van der Waals surface area (Å²) in [6.07, 6.45) is 0.634. The molecular weight excluding hydrogens is 168 g/mol. The van der Waals surface area contributed by atoms with E-state index in [-0.39, 0.29) is 5.57 Å². The highest BCUT2D eigenvalue weighted by molar-refractivity contribution is 5.96. The quantitative estimate of drug-likeness (QED) is 0.383. The van der Waals surface area contributed by atoms with Gasteiger partial charge in [-0.25, -0.2) is 4.79 Å². The van der Waals surface area contributed by atoms with Crippen molar-refractivity contribution in [2.24, 2.45) is 5.41 Å². The molecule has 3 heteroatoms. The molecule has 0 rings (SSSR count). The summed E-state index contributed by atoms with van der Waals surface area (Å²) in [6.45, 7) is 10.2. The van der Waals surface area contributed by atoms with E-state index in [1.807, 2.05) is 6.92 Å². The van der Waals surface area contributed by atoms with Gasteiger partial charge < -0.3 is 4.74 Å². The Bertz CT molecular complexity index is 239. The van der Waals surface area contributed by atoms with Crippen LogP contribution in [0.1, 0.15) is 34.1 Å². The first-order chi connectivity index (χ1) is 5.81. The van der Waals surface area contributed by atoms with Gasteiger partial charge in [0.1, 0.15) is 0 Å². The molecule has 0 saturated carbocycles. The van der Waals surface area contributed by atoms with Crippen LogP contribution in [0.4, 0.5) is 0 Å². The summed E-state index contributed by atoms with van der Waals surface area (Å²) in [5.41, 5.74) is -0.370. The van der Waals surface area contributed by atoms with Crippen LogP contribution >= 0.6 is 0 Å². The monoisotopic (exact) mass is 184 g/mol. The topological polar surface area (TPSA) is 43.4 Å². The van der Waals surface area contributed by atoms with Gasteiger partial charge in [0.05, 0.1) is 5.41 Å². The molecular formula is C10H16O3. The fraction of sp³-hybridized carbons (Fsp3) is 0.600. The molecule has 0 aromatic carbocycles. The normalized spacial score (nSPS) is 10.8. The molecule has 0 heterocycles. The van der Waals surface area contributed by atoms with Gasteiger partial charge in [0.25, 0.3) is 0 Å². The fourth-order valence-electron chi connectivity index (χ4n) is 0.454. The zero-order valence-corrected chi connectivity index (χ0v) is 8.64. The molecule has 13 heavy (non-hydrogen) atoms. The van der Waals surface area contributed by atoms with Gasteiger partial charge in [-0.15, -0.1) is 0 Å². The zero-order valence-electron chi connectivity index (χ0n) is 8.64. The van der Waals surface area contributed by atoms with E-state index in [0.29, 0.717) is 6.42 Å². The summed E-state index contributed by atoms with van der Waals surface area (Å²) in [5, 5.41) is 0. The number of carbonyl (C=O) groups is 2. The Morgan fingerprint density at radius 2 is 1.85 bits per heavy atom. The molecule has 0 aliphatic rings. The molecule has 0 aromatic rings. The number of hydrogen-bond acceptors (Lipinski definition) is 3. The first kappa shape index (κ1) is 11.9. The lowest BCUT2D eigenvalue weighted by atomic mass is 9.91. The van der Waals surface area contributed by atoms with Crippen LogP contribution in [0, 0.1) is 5.41 Å². The summed E-state index contributed by atoms with van der Waals surface area (Å²) in [6, 6.07) is 0. The Morgan fingerprint density at radius 1 is 1.38 bits per heavy atom. The second-order valence-corrected chi connectivity index (χ2v) is 3.69. The average Bonchev–Trinajstić information content (AvgIpc) is 2.04. The van der Waals surface area contributed by atoms with Gasteiger partial charge in [0, 0.05) is 5.57 Å². The van der Waals surface area contributed by atoms with Crippen molar-refractivity contribution in [3.63, 3.8) is 0 Å². The summed E-state index contributed by atoms with van der Waals surface area (Å²) in [5.74, 6) is -1.14. The van der Waals surface area contributed by atoms with Gasteiger partial charge in [-0.05, 0) is 27.2 Å². The largest absolute Gasteiger partial charge is 0.389 e.